The Morgan fingerprint density at radius 2 is 1.79 bits per heavy atom. The molecule has 2 heterocycles. The monoisotopic (exact) mass is 383 g/mol. The number of aromatic nitrogens is 3. The molecule has 4 N–H and O–H groups in total. The van der Waals surface area contributed by atoms with Gasteiger partial charge in [-0.2, -0.15) is 5.10 Å². The van der Waals surface area contributed by atoms with Gasteiger partial charge in [-0.25, -0.2) is 0 Å². The number of rotatable bonds is 6. The van der Waals surface area contributed by atoms with Crippen molar-refractivity contribution in [3.63, 3.8) is 0 Å². The number of nitrogens with one attached hydrogen (secondary N) is 2. The van der Waals surface area contributed by atoms with E-state index in [4.69, 9.17) is 5.73 Å². The summed E-state index contributed by atoms with van der Waals surface area (Å²) >= 11 is 0. The van der Waals surface area contributed by atoms with Gasteiger partial charge in [-0.1, -0.05) is 36.4 Å². The maximum absolute atomic E-state index is 12.8. The quantitative estimate of drug-likeness (QED) is 0.442. The number of nitrogen functional groups attached to an aromatic ring is 1. The van der Waals surface area contributed by atoms with Crippen molar-refractivity contribution in [3.8, 4) is 22.5 Å². The molecule has 2 aromatic carbocycles. The first kappa shape index (κ1) is 18.4. The second kappa shape index (κ2) is 8.39. The van der Waals surface area contributed by atoms with Crippen molar-refractivity contribution in [2.24, 2.45) is 0 Å². The van der Waals surface area contributed by atoms with Gasteiger partial charge >= 0.3 is 0 Å². The van der Waals surface area contributed by atoms with Crippen LogP contribution in [0.5, 0.6) is 0 Å². The fourth-order valence-electron chi connectivity index (χ4n) is 3.12. The molecule has 6 nitrogen and oxygen atoms in total. The Balaban J connectivity index is 1.51. The van der Waals surface area contributed by atoms with Gasteiger partial charge in [-0.15, -0.1) is 0 Å². The minimum atomic E-state index is -0.131. The van der Waals surface area contributed by atoms with Crippen LogP contribution < -0.4 is 11.1 Å². The predicted octanol–water partition coefficient (Wildman–Crippen LogP) is 3.69. The first-order valence-electron chi connectivity index (χ1n) is 9.39. The van der Waals surface area contributed by atoms with E-state index in [9.17, 15) is 4.79 Å². The molecule has 4 aromatic rings. The molecule has 6 heteroatoms. The molecule has 1 amide bonds. The molecule has 0 fully saturated rings. The van der Waals surface area contributed by atoms with E-state index >= 15 is 0 Å². The molecule has 0 aliphatic rings. The van der Waals surface area contributed by atoms with Crippen molar-refractivity contribution in [1.82, 2.24) is 20.5 Å². The maximum atomic E-state index is 12.8. The predicted molar refractivity (Wildman–Crippen MR) is 114 cm³/mol. The summed E-state index contributed by atoms with van der Waals surface area (Å²) in [5.41, 5.74) is 11.3. The zero-order valence-corrected chi connectivity index (χ0v) is 15.8. The van der Waals surface area contributed by atoms with Crippen molar-refractivity contribution in [2.45, 2.75) is 6.42 Å². The van der Waals surface area contributed by atoms with Crippen LogP contribution in [0.1, 0.15) is 16.1 Å². The summed E-state index contributed by atoms with van der Waals surface area (Å²) in [7, 11) is 0. The van der Waals surface area contributed by atoms with Gasteiger partial charge in [0.25, 0.3) is 5.91 Å². The minimum Gasteiger partial charge on any atom is -0.399 e. The van der Waals surface area contributed by atoms with E-state index in [1.165, 1.54) is 0 Å². The molecule has 29 heavy (non-hydrogen) atoms. The fraction of sp³-hybridized carbons (Fsp3) is 0.0870. The molecule has 2 aromatic heterocycles. The topological polar surface area (TPSA) is 96.7 Å². The lowest BCUT2D eigenvalue weighted by molar-refractivity contribution is 0.0954. The third-order valence-corrected chi connectivity index (χ3v) is 4.64. The van der Waals surface area contributed by atoms with Crippen LogP contribution in [0.3, 0.4) is 0 Å². The van der Waals surface area contributed by atoms with E-state index in [0.29, 0.717) is 29.9 Å². The number of amides is 1. The average molecular weight is 383 g/mol. The zero-order valence-electron chi connectivity index (χ0n) is 15.8. The zero-order chi connectivity index (χ0) is 20.1. The number of hydrogen-bond acceptors (Lipinski definition) is 4. The third-order valence-electron chi connectivity index (χ3n) is 4.64. The molecule has 144 valence electrons. The lowest BCUT2D eigenvalue weighted by Crippen LogP contribution is -2.26. The first-order chi connectivity index (χ1) is 14.2. The molecule has 0 saturated heterocycles. The molecule has 4 rings (SSSR count). The lowest BCUT2D eigenvalue weighted by atomic mass is 10.0. The molecule has 0 aliphatic carbocycles. The Morgan fingerprint density at radius 1 is 1.00 bits per heavy atom. The van der Waals surface area contributed by atoms with Crippen molar-refractivity contribution < 1.29 is 4.79 Å². The van der Waals surface area contributed by atoms with Gasteiger partial charge in [0.05, 0.1) is 11.4 Å². The molecule has 0 spiro atoms. The normalized spacial score (nSPS) is 10.6. The number of anilines is 1. The molecular formula is C23H21N5O. The van der Waals surface area contributed by atoms with Gasteiger partial charge in [0.1, 0.15) is 0 Å². The van der Waals surface area contributed by atoms with Gasteiger partial charge in [0.2, 0.25) is 0 Å². The number of pyridine rings is 1. The molecule has 0 bridgehead atoms. The van der Waals surface area contributed by atoms with Crippen molar-refractivity contribution in [3.05, 3.63) is 90.3 Å². The summed E-state index contributed by atoms with van der Waals surface area (Å²) in [5.74, 6) is -0.131. The number of carbonyl (C=O) groups is 1. The Bertz CT molecular complexity index is 1100. The largest absolute Gasteiger partial charge is 0.399 e. The van der Waals surface area contributed by atoms with Crippen molar-refractivity contribution in [2.75, 3.05) is 12.3 Å². The number of nitrogens with two attached hydrogens (primary N) is 1. The Morgan fingerprint density at radius 3 is 2.59 bits per heavy atom. The highest BCUT2D eigenvalue weighted by Gasteiger charge is 2.15. The van der Waals surface area contributed by atoms with E-state index in [-0.39, 0.29) is 5.91 Å². The molecular weight excluding hydrogens is 362 g/mol. The number of carbonyl (C=O) groups excluding carboxylic acids is 1. The average Bonchev–Trinajstić information content (AvgIpc) is 3.25. The van der Waals surface area contributed by atoms with Crippen LogP contribution in [-0.2, 0) is 6.42 Å². The second-order valence-electron chi connectivity index (χ2n) is 6.66. The van der Waals surface area contributed by atoms with Gasteiger partial charge in [-0.3, -0.25) is 14.9 Å². The highest BCUT2D eigenvalue weighted by atomic mass is 16.1. The van der Waals surface area contributed by atoms with E-state index in [0.717, 1.165) is 22.5 Å². The smallest absolute Gasteiger partial charge is 0.251 e. The van der Waals surface area contributed by atoms with Gasteiger partial charge in [0.15, 0.2) is 0 Å². The summed E-state index contributed by atoms with van der Waals surface area (Å²) in [6.45, 7) is 0.515. The molecule has 0 aliphatic heterocycles. The SMILES string of the molecule is Nc1ccc(-c2cc(-c3ccccc3C(=O)NCCc3ccccn3)n[nH]2)cc1. The second-order valence-corrected chi connectivity index (χ2v) is 6.66. The van der Waals surface area contributed by atoms with Crippen molar-refractivity contribution in [1.29, 1.82) is 0 Å². The van der Waals surface area contributed by atoms with E-state index in [1.807, 2.05) is 72.8 Å². The minimum absolute atomic E-state index is 0.131. The maximum Gasteiger partial charge on any atom is 0.251 e. The first-order valence-corrected chi connectivity index (χ1v) is 9.39. The van der Waals surface area contributed by atoms with Crippen molar-refractivity contribution >= 4 is 11.6 Å². The molecule has 0 unspecified atom stereocenters. The Labute approximate surface area is 168 Å². The number of nitrogens with zero attached hydrogens (tertiary/aromatic N) is 2. The Kier molecular flexibility index (Phi) is 5.33. The number of aromatic amines is 1. The number of benzene rings is 2. The standard InChI is InChI=1S/C23H21N5O/c24-17-10-8-16(9-11-17)21-15-22(28-27-21)19-6-1-2-7-20(19)23(29)26-14-12-18-5-3-4-13-25-18/h1-11,13,15H,12,14,24H2,(H,26,29)(H,27,28). The van der Waals surface area contributed by atoms with Crippen LogP contribution in [0, 0.1) is 0 Å². The van der Waals surface area contributed by atoms with Crippen LogP contribution in [0.2, 0.25) is 0 Å². The fourth-order valence-corrected chi connectivity index (χ4v) is 3.12. The van der Waals surface area contributed by atoms with Gasteiger partial charge < -0.3 is 11.1 Å². The van der Waals surface area contributed by atoms with Gasteiger partial charge in [-0.05, 0) is 42.0 Å². The highest BCUT2D eigenvalue weighted by Crippen LogP contribution is 2.26. The van der Waals surface area contributed by atoms with Crippen LogP contribution in [0.15, 0.2) is 79.0 Å². The van der Waals surface area contributed by atoms with Gasteiger partial charge in [0, 0.05) is 41.7 Å². The number of H-pyrrole nitrogens is 1. The Hall–Kier alpha value is -3.93. The number of hydrogen-bond donors (Lipinski definition) is 3. The lowest BCUT2D eigenvalue weighted by Gasteiger charge is -2.08. The van der Waals surface area contributed by atoms with Crippen LogP contribution in [0.25, 0.3) is 22.5 Å². The summed E-state index contributed by atoms with van der Waals surface area (Å²) in [6, 6.07) is 22.7. The molecule has 0 saturated carbocycles. The molecule has 0 radical (unpaired) electrons. The van der Waals surface area contributed by atoms with Crippen LogP contribution in [0.4, 0.5) is 5.69 Å². The van der Waals surface area contributed by atoms with E-state index < -0.39 is 0 Å². The summed E-state index contributed by atoms with van der Waals surface area (Å²) in [6.07, 6.45) is 2.43. The summed E-state index contributed by atoms with van der Waals surface area (Å²) in [4.78, 5) is 17.0. The van der Waals surface area contributed by atoms with E-state index in [1.54, 1.807) is 6.20 Å². The third kappa shape index (κ3) is 4.32. The molecule has 0 atom stereocenters. The van der Waals surface area contributed by atoms with E-state index in [2.05, 4.69) is 20.5 Å². The summed E-state index contributed by atoms with van der Waals surface area (Å²) in [5, 5.41) is 10.4. The summed E-state index contributed by atoms with van der Waals surface area (Å²) < 4.78 is 0. The highest BCUT2D eigenvalue weighted by molar-refractivity contribution is 6.00. The van der Waals surface area contributed by atoms with Crippen LogP contribution in [-0.4, -0.2) is 27.6 Å². The van der Waals surface area contributed by atoms with Crippen LogP contribution >= 0.6 is 0 Å².